The van der Waals surface area contributed by atoms with Crippen LogP contribution in [-0.2, 0) is 17.9 Å². The molecule has 0 aliphatic rings. The Bertz CT molecular complexity index is 338. The van der Waals surface area contributed by atoms with Gasteiger partial charge < -0.3 is 16.2 Å². The molecule has 0 spiro atoms. The van der Waals surface area contributed by atoms with Gasteiger partial charge in [0.2, 0.25) is 5.91 Å². The zero-order valence-electron chi connectivity index (χ0n) is 9.26. The molecule has 16 heavy (non-hydrogen) atoms. The Morgan fingerprint density at radius 3 is 3.06 bits per heavy atom. The highest BCUT2D eigenvalue weighted by atomic mass is 16.3. The van der Waals surface area contributed by atoms with Crippen LogP contribution in [-0.4, -0.2) is 38.7 Å². The van der Waals surface area contributed by atoms with Crippen LogP contribution >= 0.6 is 0 Å². The van der Waals surface area contributed by atoms with E-state index in [0.29, 0.717) is 18.7 Å². The molecule has 0 aliphatic carbocycles. The van der Waals surface area contributed by atoms with Crippen molar-refractivity contribution in [3.05, 3.63) is 11.9 Å². The molecule has 7 heteroatoms. The van der Waals surface area contributed by atoms with Crippen LogP contribution in [0.5, 0.6) is 0 Å². The number of amides is 1. The summed E-state index contributed by atoms with van der Waals surface area (Å²) in [5.41, 5.74) is 6.02. The maximum Gasteiger partial charge on any atom is 0.242 e. The van der Waals surface area contributed by atoms with Crippen molar-refractivity contribution < 1.29 is 9.90 Å². The van der Waals surface area contributed by atoms with Crippen molar-refractivity contribution in [1.82, 2.24) is 20.3 Å². The third-order valence-corrected chi connectivity index (χ3v) is 2.07. The largest absolute Gasteiger partial charge is 0.396 e. The Hall–Kier alpha value is -1.47. The minimum Gasteiger partial charge on any atom is -0.396 e. The molecule has 1 rings (SSSR count). The highest BCUT2D eigenvalue weighted by molar-refractivity contribution is 5.75. The van der Waals surface area contributed by atoms with Gasteiger partial charge in [0.1, 0.15) is 6.54 Å². The fourth-order valence-electron chi connectivity index (χ4n) is 1.24. The summed E-state index contributed by atoms with van der Waals surface area (Å²) in [5, 5.41) is 18.9. The van der Waals surface area contributed by atoms with E-state index in [1.807, 2.05) is 6.92 Å². The number of aromatic nitrogens is 3. The first-order valence-corrected chi connectivity index (χ1v) is 5.15. The summed E-state index contributed by atoms with van der Waals surface area (Å²) in [6.07, 6.45) is 2.17. The van der Waals surface area contributed by atoms with E-state index in [0.717, 1.165) is 0 Å². The molecule has 0 radical (unpaired) electrons. The minimum absolute atomic E-state index is 0.0463. The van der Waals surface area contributed by atoms with Crippen molar-refractivity contribution in [3.63, 3.8) is 0 Å². The summed E-state index contributed by atoms with van der Waals surface area (Å²) < 4.78 is 1.43. The van der Waals surface area contributed by atoms with E-state index in [9.17, 15) is 4.79 Å². The van der Waals surface area contributed by atoms with E-state index in [4.69, 9.17) is 10.8 Å². The van der Waals surface area contributed by atoms with Gasteiger partial charge in [-0.05, 0) is 13.3 Å². The molecule has 1 aromatic heterocycles. The molecule has 0 fully saturated rings. The zero-order valence-corrected chi connectivity index (χ0v) is 9.26. The minimum atomic E-state index is -0.158. The summed E-state index contributed by atoms with van der Waals surface area (Å²) in [5.74, 6) is -0.158. The van der Waals surface area contributed by atoms with Gasteiger partial charge in [0, 0.05) is 19.2 Å². The molecule has 7 nitrogen and oxygen atoms in total. The van der Waals surface area contributed by atoms with Crippen LogP contribution in [0.25, 0.3) is 0 Å². The highest BCUT2D eigenvalue weighted by Gasteiger charge is 2.08. The summed E-state index contributed by atoms with van der Waals surface area (Å²) >= 11 is 0. The van der Waals surface area contributed by atoms with Crippen molar-refractivity contribution >= 4 is 5.91 Å². The van der Waals surface area contributed by atoms with Gasteiger partial charge in [-0.1, -0.05) is 5.21 Å². The molecule has 90 valence electrons. The lowest BCUT2D eigenvalue weighted by Gasteiger charge is -2.11. The van der Waals surface area contributed by atoms with Crippen molar-refractivity contribution in [2.45, 2.75) is 32.5 Å². The van der Waals surface area contributed by atoms with Gasteiger partial charge in [-0.3, -0.25) is 4.79 Å². The third-order valence-electron chi connectivity index (χ3n) is 2.07. The average Bonchev–Trinajstić information content (AvgIpc) is 2.65. The maximum atomic E-state index is 11.5. The van der Waals surface area contributed by atoms with Gasteiger partial charge in [-0.2, -0.15) is 0 Å². The number of nitrogens with zero attached hydrogens (tertiary/aromatic N) is 3. The van der Waals surface area contributed by atoms with Crippen molar-refractivity contribution in [2.75, 3.05) is 6.61 Å². The number of aliphatic hydroxyl groups is 1. The molecule has 1 atom stereocenters. The molecule has 1 amide bonds. The van der Waals surface area contributed by atoms with Gasteiger partial charge in [-0.15, -0.1) is 5.10 Å². The number of carbonyl (C=O) groups is 1. The highest BCUT2D eigenvalue weighted by Crippen LogP contribution is 1.93. The number of hydrogen-bond acceptors (Lipinski definition) is 5. The number of hydrogen-bond donors (Lipinski definition) is 3. The molecule has 0 aliphatic heterocycles. The third kappa shape index (κ3) is 3.95. The molecule has 1 heterocycles. The van der Waals surface area contributed by atoms with Crippen LogP contribution < -0.4 is 11.1 Å². The van der Waals surface area contributed by atoms with Gasteiger partial charge in [-0.25, -0.2) is 4.68 Å². The molecule has 0 saturated heterocycles. The van der Waals surface area contributed by atoms with E-state index < -0.39 is 0 Å². The number of carbonyl (C=O) groups excluding carboxylic acids is 1. The predicted octanol–water partition coefficient (Wildman–Crippen LogP) is -1.38. The molecule has 0 aromatic carbocycles. The average molecular weight is 227 g/mol. The molecule has 0 bridgehead atoms. The first-order chi connectivity index (χ1) is 7.65. The van der Waals surface area contributed by atoms with Crippen molar-refractivity contribution in [3.8, 4) is 0 Å². The van der Waals surface area contributed by atoms with Crippen LogP contribution in [0.3, 0.4) is 0 Å². The Morgan fingerprint density at radius 2 is 2.50 bits per heavy atom. The van der Waals surface area contributed by atoms with Crippen LogP contribution in [0.4, 0.5) is 0 Å². The first kappa shape index (κ1) is 12.6. The predicted molar refractivity (Wildman–Crippen MR) is 57.2 cm³/mol. The fourth-order valence-corrected chi connectivity index (χ4v) is 1.24. The van der Waals surface area contributed by atoms with E-state index in [2.05, 4.69) is 15.6 Å². The smallest absolute Gasteiger partial charge is 0.242 e. The van der Waals surface area contributed by atoms with Crippen LogP contribution in [0, 0.1) is 0 Å². The SMILES string of the molecule is CC(CCO)NC(=O)Cn1cc(CN)nn1. The van der Waals surface area contributed by atoms with E-state index in [-0.39, 0.29) is 25.1 Å². The molecule has 4 N–H and O–H groups in total. The Labute approximate surface area is 93.6 Å². The van der Waals surface area contributed by atoms with Gasteiger partial charge in [0.05, 0.1) is 11.9 Å². The summed E-state index contributed by atoms with van der Waals surface area (Å²) in [7, 11) is 0. The van der Waals surface area contributed by atoms with E-state index >= 15 is 0 Å². The Balaban J connectivity index is 2.39. The topological polar surface area (TPSA) is 106 Å². The van der Waals surface area contributed by atoms with Crippen molar-refractivity contribution in [2.24, 2.45) is 5.73 Å². The van der Waals surface area contributed by atoms with Gasteiger partial charge in [0.25, 0.3) is 0 Å². The van der Waals surface area contributed by atoms with Crippen LogP contribution in [0.2, 0.25) is 0 Å². The van der Waals surface area contributed by atoms with E-state index in [1.54, 1.807) is 6.20 Å². The molecule has 1 aromatic rings. The number of aliphatic hydroxyl groups excluding tert-OH is 1. The number of nitrogens with two attached hydrogens (primary N) is 1. The lowest BCUT2D eigenvalue weighted by Crippen LogP contribution is -2.35. The second-order valence-electron chi connectivity index (χ2n) is 3.59. The molecular formula is C9H17N5O2. The molecule has 1 unspecified atom stereocenters. The number of rotatable bonds is 6. The van der Waals surface area contributed by atoms with Crippen LogP contribution in [0.1, 0.15) is 19.0 Å². The zero-order chi connectivity index (χ0) is 12.0. The first-order valence-electron chi connectivity index (χ1n) is 5.15. The van der Waals surface area contributed by atoms with Gasteiger partial charge in [0.15, 0.2) is 0 Å². The maximum absolute atomic E-state index is 11.5. The normalized spacial score (nSPS) is 12.4. The Kier molecular flexibility index (Phi) is 4.87. The Morgan fingerprint density at radius 1 is 1.75 bits per heavy atom. The second-order valence-corrected chi connectivity index (χ2v) is 3.59. The van der Waals surface area contributed by atoms with E-state index in [1.165, 1.54) is 4.68 Å². The monoisotopic (exact) mass is 227 g/mol. The quantitative estimate of drug-likeness (QED) is 0.555. The van der Waals surface area contributed by atoms with Gasteiger partial charge >= 0.3 is 0 Å². The van der Waals surface area contributed by atoms with Crippen LogP contribution in [0.15, 0.2) is 6.20 Å². The summed E-state index contributed by atoms with van der Waals surface area (Å²) in [6, 6.07) is -0.0463. The number of nitrogens with one attached hydrogen (secondary N) is 1. The summed E-state index contributed by atoms with van der Waals surface area (Å²) in [4.78, 5) is 11.5. The standard InChI is InChI=1S/C9H17N5O2/c1-7(2-3-15)11-9(16)6-14-5-8(4-10)12-13-14/h5,7,15H,2-4,6,10H2,1H3,(H,11,16). The summed E-state index contributed by atoms with van der Waals surface area (Å²) in [6.45, 7) is 2.31. The molecule has 0 saturated carbocycles. The fraction of sp³-hybridized carbons (Fsp3) is 0.667. The lowest BCUT2D eigenvalue weighted by atomic mass is 10.2. The lowest BCUT2D eigenvalue weighted by molar-refractivity contribution is -0.122. The molecular weight excluding hydrogens is 210 g/mol. The van der Waals surface area contributed by atoms with Crippen molar-refractivity contribution in [1.29, 1.82) is 0 Å². The second kappa shape index (κ2) is 6.19.